The molecule has 0 spiro atoms. The third-order valence-electron chi connectivity index (χ3n) is 4.11. The van der Waals surface area contributed by atoms with Gasteiger partial charge in [-0.25, -0.2) is 9.09 Å². The van der Waals surface area contributed by atoms with Gasteiger partial charge >= 0.3 is 13.7 Å². The summed E-state index contributed by atoms with van der Waals surface area (Å²) in [5.74, 6) is -0.881. The van der Waals surface area contributed by atoms with Crippen LogP contribution >= 0.6 is 7.75 Å². The van der Waals surface area contributed by atoms with Crippen LogP contribution in [0.15, 0.2) is 54.9 Å². The van der Waals surface area contributed by atoms with Crippen LogP contribution < -0.4 is 19.5 Å². The highest BCUT2D eigenvalue weighted by Crippen LogP contribution is 2.44. The molecule has 1 heterocycles. The van der Waals surface area contributed by atoms with Gasteiger partial charge in [0.05, 0.1) is 6.10 Å². The molecule has 0 saturated heterocycles. The third kappa shape index (κ3) is 10.1. The zero-order valence-electron chi connectivity index (χ0n) is 19.5. The number of benzene rings is 1. The Hall–Kier alpha value is -3.54. The Labute approximate surface area is 202 Å². The van der Waals surface area contributed by atoms with Crippen LogP contribution in [0.3, 0.4) is 0 Å². The molecule has 2 rings (SSSR count). The molecule has 0 saturated carbocycles. The molecule has 2 atom stereocenters. The summed E-state index contributed by atoms with van der Waals surface area (Å²) in [6.07, 6.45) is 2.63. The molecule has 0 radical (unpaired) electrons. The van der Waals surface area contributed by atoms with Crippen LogP contribution in [-0.4, -0.2) is 42.3 Å². The van der Waals surface area contributed by atoms with Crippen molar-refractivity contribution in [3.63, 3.8) is 0 Å². The number of carbonyl (C=O) groups is 2. The van der Waals surface area contributed by atoms with E-state index in [1.807, 2.05) is 0 Å². The van der Waals surface area contributed by atoms with E-state index in [1.54, 1.807) is 56.4 Å². The van der Waals surface area contributed by atoms with Crippen LogP contribution in [0.5, 0.6) is 5.75 Å². The summed E-state index contributed by atoms with van der Waals surface area (Å²) >= 11 is 0. The molecule has 2 N–H and O–H groups in total. The minimum atomic E-state index is -4.08. The topological polar surface area (TPSA) is 159 Å². The second kappa shape index (κ2) is 13.4. The SMILES string of the molecule is CC(C)OC(=O)[C@H](C)NP(=O)(OC[n+]1cccc(C(=O)NCCO[N+](=O)[O-])c1)Oc1ccccc1. The maximum Gasteiger partial charge on any atom is 0.464 e. The Kier molecular flexibility index (Phi) is 10.6. The number of esters is 1. The van der Waals surface area contributed by atoms with Crippen molar-refractivity contribution in [2.75, 3.05) is 13.2 Å². The summed E-state index contributed by atoms with van der Waals surface area (Å²) in [4.78, 5) is 38.8. The number of nitrogens with zero attached hydrogens (tertiary/aromatic N) is 2. The average molecular weight is 511 g/mol. The van der Waals surface area contributed by atoms with E-state index in [-0.39, 0.29) is 37.3 Å². The third-order valence-corrected chi connectivity index (χ3v) is 5.72. The van der Waals surface area contributed by atoms with Crippen LogP contribution in [0.25, 0.3) is 0 Å². The summed E-state index contributed by atoms with van der Waals surface area (Å²) in [6.45, 7) is 4.19. The highest BCUT2D eigenvalue weighted by atomic mass is 31.2. The summed E-state index contributed by atoms with van der Waals surface area (Å²) in [5, 5.41) is 14.3. The predicted molar refractivity (Wildman–Crippen MR) is 122 cm³/mol. The number of nitrogens with one attached hydrogen (secondary N) is 2. The summed E-state index contributed by atoms with van der Waals surface area (Å²) in [6, 6.07) is 10.4. The number of pyridine rings is 1. The van der Waals surface area contributed by atoms with E-state index < -0.39 is 30.8 Å². The number of amides is 1. The van der Waals surface area contributed by atoms with E-state index in [4.69, 9.17) is 13.8 Å². The molecule has 1 amide bonds. The molecule has 0 bridgehead atoms. The number of carbonyl (C=O) groups excluding carboxylic acids is 2. The van der Waals surface area contributed by atoms with Gasteiger partial charge in [-0.2, -0.15) is 9.65 Å². The van der Waals surface area contributed by atoms with Gasteiger partial charge in [-0.3, -0.25) is 9.59 Å². The van der Waals surface area contributed by atoms with E-state index in [0.29, 0.717) is 0 Å². The fraction of sp³-hybridized carbons (Fsp3) is 0.381. The van der Waals surface area contributed by atoms with Gasteiger partial charge in [0, 0.05) is 12.6 Å². The molecule has 2 aromatic rings. The molecule has 13 nitrogen and oxygen atoms in total. The first-order valence-electron chi connectivity index (χ1n) is 10.6. The lowest BCUT2D eigenvalue weighted by atomic mass is 10.2. The van der Waals surface area contributed by atoms with Crippen LogP contribution in [0.1, 0.15) is 31.1 Å². The second-order valence-corrected chi connectivity index (χ2v) is 9.11. The van der Waals surface area contributed by atoms with Crippen molar-refractivity contribution in [2.45, 2.75) is 39.6 Å². The molecule has 0 aliphatic rings. The monoisotopic (exact) mass is 511 g/mol. The number of hydrogen-bond donors (Lipinski definition) is 2. The normalized spacial score (nSPS) is 13.4. The van der Waals surface area contributed by atoms with Gasteiger partial charge in [0.1, 0.15) is 24.0 Å². The molecule has 0 aliphatic heterocycles. The van der Waals surface area contributed by atoms with Gasteiger partial charge in [0.15, 0.2) is 12.4 Å². The van der Waals surface area contributed by atoms with Gasteiger partial charge in [-0.05, 0) is 39.0 Å². The Morgan fingerprint density at radius 2 is 1.86 bits per heavy atom. The summed E-state index contributed by atoms with van der Waals surface area (Å²) in [5.41, 5.74) is 0.220. The lowest BCUT2D eigenvalue weighted by Crippen LogP contribution is -2.40. The van der Waals surface area contributed by atoms with Gasteiger partial charge in [0.2, 0.25) is 0 Å². The van der Waals surface area contributed by atoms with E-state index in [0.717, 1.165) is 0 Å². The van der Waals surface area contributed by atoms with Crippen LogP contribution in [-0.2, 0) is 30.2 Å². The number of para-hydroxylation sites is 1. The Morgan fingerprint density at radius 3 is 2.51 bits per heavy atom. The minimum absolute atomic E-state index is 0.0698. The molecule has 0 aliphatic carbocycles. The van der Waals surface area contributed by atoms with Crippen molar-refractivity contribution < 1.29 is 42.4 Å². The molecular formula is C21H28N4O9P+. The van der Waals surface area contributed by atoms with Crippen molar-refractivity contribution in [3.8, 4) is 5.75 Å². The van der Waals surface area contributed by atoms with Crippen LogP contribution in [0, 0.1) is 10.1 Å². The molecule has 35 heavy (non-hydrogen) atoms. The molecule has 190 valence electrons. The average Bonchev–Trinajstić information content (AvgIpc) is 2.80. The number of ether oxygens (including phenoxy) is 1. The second-order valence-electron chi connectivity index (χ2n) is 7.42. The Morgan fingerprint density at radius 1 is 1.14 bits per heavy atom. The largest absolute Gasteiger partial charge is 0.464 e. The smallest absolute Gasteiger partial charge is 0.462 e. The van der Waals surface area contributed by atoms with Crippen molar-refractivity contribution in [1.29, 1.82) is 0 Å². The number of aromatic nitrogens is 1. The van der Waals surface area contributed by atoms with E-state index >= 15 is 0 Å². The highest BCUT2D eigenvalue weighted by molar-refractivity contribution is 7.52. The highest BCUT2D eigenvalue weighted by Gasteiger charge is 2.34. The summed E-state index contributed by atoms with van der Waals surface area (Å²) < 4.78 is 31.2. The predicted octanol–water partition coefficient (Wildman–Crippen LogP) is 2.00. The lowest BCUT2D eigenvalue weighted by molar-refractivity contribution is -0.757. The zero-order valence-corrected chi connectivity index (χ0v) is 20.4. The fourth-order valence-electron chi connectivity index (χ4n) is 2.60. The maximum atomic E-state index is 13.5. The maximum absolute atomic E-state index is 13.5. The molecular weight excluding hydrogens is 483 g/mol. The van der Waals surface area contributed by atoms with Crippen molar-refractivity contribution in [3.05, 3.63) is 70.5 Å². The lowest BCUT2D eigenvalue weighted by Gasteiger charge is -2.22. The van der Waals surface area contributed by atoms with Crippen LogP contribution in [0.4, 0.5) is 0 Å². The summed E-state index contributed by atoms with van der Waals surface area (Å²) in [7, 11) is -4.08. The van der Waals surface area contributed by atoms with Crippen molar-refractivity contribution in [1.82, 2.24) is 10.4 Å². The van der Waals surface area contributed by atoms with Crippen molar-refractivity contribution in [2.24, 2.45) is 0 Å². The first-order valence-corrected chi connectivity index (χ1v) is 12.1. The standard InChI is InChI=1S/C21H27N4O9P/c1-16(2)33-21(27)17(3)23-35(30,34-19-9-5-4-6-10-19)32-15-24-12-7-8-18(14-24)20(26)22-11-13-31-25(28)29/h4-10,12,14,16-17H,11,13,15H2,1-3H3,(H-,22,23,26,30)/p+1/t17-,35?/m0/s1. The first kappa shape index (κ1) is 27.7. The van der Waals surface area contributed by atoms with Crippen LogP contribution in [0.2, 0.25) is 0 Å². The molecule has 1 aromatic heterocycles. The van der Waals surface area contributed by atoms with Gasteiger partial charge in [-0.1, -0.05) is 18.2 Å². The molecule has 0 fully saturated rings. The molecule has 1 unspecified atom stereocenters. The van der Waals surface area contributed by atoms with E-state index in [1.165, 1.54) is 23.8 Å². The Bertz CT molecular complexity index is 1050. The van der Waals surface area contributed by atoms with Crippen molar-refractivity contribution >= 4 is 19.6 Å². The minimum Gasteiger partial charge on any atom is -0.462 e. The first-order chi connectivity index (χ1) is 16.6. The number of hydrogen-bond acceptors (Lipinski definition) is 9. The van der Waals surface area contributed by atoms with E-state index in [9.17, 15) is 24.3 Å². The van der Waals surface area contributed by atoms with E-state index in [2.05, 4.69) is 15.2 Å². The molecule has 1 aromatic carbocycles. The van der Waals surface area contributed by atoms with Gasteiger partial charge in [-0.15, -0.1) is 10.1 Å². The fourth-order valence-corrected chi connectivity index (χ4v) is 4.04. The quantitative estimate of drug-likeness (QED) is 0.0959. The zero-order chi connectivity index (χ0) is 25.8. The molecule has 14 heteroatoms. The van der Waals surface area contributed by atoms with Gasteiger partial charge < -0.3 is 19.4 Å². The van der Waals surface area contributed by atoms with Gasteiger partial charge in [0.25, 0.3) is 17.7 Å². The number of rotatable bonds is 14. The Balaban J connectivity index is 2.09.